The van der Waals surface area contributed by atoms with Crippen LogP contribution >= 0.6 is 0 Å². The fourth-order valence-corrected chi connectivity index (χ4v) is 3.27. The van der Waals surface area contributed by atoms with Gasteiger partial charge in [-0.1, -0.05) is 12.1 Å². The number of anilines is 1. The molecule has 1 fully saturated rings. The van der Waals surface area contributed by atoms with E-state index in [0.29, 0.717) is 19.0 Å². The summed E-state index contributed by atoms with van der Waals surface area (Å²) in [5.41, 5.74) is 9.59. The molecule has 4 heteroatoms. The van der Waals surface area contributed by atoms with E-state index in [9.17, 15) is 4.79 Å². The van der Waals surface area contributed by atoms with Crippen molar-refractivity contribution < 1.29 is 4.79 Å². The molecule has 1 amide bonds. The van der Waals surface area contributed by atoms with E-state index in [1.165, 1.54) is 18.4 Å². The van der Waals surface area contributed by atoms with Gasteiger partial charge in [0.15, 0.2) is 0 Å². The number of fused-ring (bicyclic) bond motifs is 1. The van der Waals surface area contributed by atoms with Crippen LogP contribution in [-0.4, -0.2) is 26.5 Å². The van der Waals surface area contributed by atoms with E-state index in [-0.39, 0.29) is 11.3 Å². The molecule has 1 heterocycles. The molecule has 1 aromatic carbocycles. The first kappa shape index (κ1) is 12.6. The maximum atomic E-state index is 11.7. The van der Waals surface area contributed by atoms with Gasteiger partial charge in [-0.05, 0) is 43.6 Å². The molecular formula is C15H21N3O. The Bertz CT molecular complexity index is 522. The average Bonchev–Trinajstić information content (AvgIpc) is 3.14. The molecule has 4 nitrogen and oxygen atoms in total. The van der Waals surface area contributed by atoms with Crippen LogP contribution in [0.2, 0.25) is 0 Å². The number of hydrogen-bond acceptors (Lipinski definition) is 3. The molecule has 19 heavy (non-hydrogen) atoms. The Morgan fingerprint density at radius 1 is 1.47 bits per heavy atom. The van der Waals surface area contributed by atoms with Crippen molar-refractivity contribution in [3.63, 3.8) is 0 Å². The van der Waals surface area contributed by atoms with E-state index < -0.39 is 0 Å². The molecule has 0 bridgehead atoms. The fourth-order valence-electron chi connectivity index (χ4n) is 3.27. The predicted octanol–water partition coefficient (Wildman–Crippen LogP) is 1.20. The van der Waals surface area contributed by atoms with Gasteiger partial charge in [-0.15, -0.1) is 0 Å². The third-order valence-electron chi connectivity index (χ3n) is 4.71. The Labute approximate surface area is 114 Å². The minimum atomic E-state index is 0.174. The van der Waals surface area contributed by atoms with Gasteiger partial charge in [-0.25, -0.2) is 0 Å². The summed E-state index contributed by atoms with van der Waals surface area (Å²) in [4.78, 5) is 13.5. The van der Waals surface area contributed by atoms with Crippen LogP contribution in [-0.2, 0) is 11.2 Å². The number of likely N-dealkylation sites (N-methyl/N-ethyl adjacent to an activating group) is 1. The zero-order chi connectivity index (χ0) is 13.6. The number of nitrogens with zero attached hydrogens (tertiary/aromatic N) is 1. The highest BCUT2D eigenvalue weighted by Gasteiger charge is 2.48. The number of nitrogens with one attached hydrogen (secondary N) is 1. The Morgan fingerprint density at radius 2 is 2.21 bits per heavy atom. The van der Waals surface area contributed by atoms with Crippen LogP contribution in [0.25, 0.3) is 0 Å². The average molecular weight is 259 g/mol. The van der Waals surface area contributed by atoms with Crippen LogP contribution < -0.4 is 16.0 Å². The molecule has 3 rings (SSSR count). The van der Waals surface area contributed by atoms with Crippen LogP contribution in [0.15, 0.2) is 18.2 Å². The van der Waals surface area contributed by atoms with E-state index in [0.717, 1.165) is 11.3 Å². The summed E-state index contributed by atoms with van der Waals surface area (Å²) in [5.74, 6) is 0.174. The van der Waals surface area contributed by atoms with Crippen LogP contribution in [0.5, 0.6) is 0 Å². The molecule has 1 saturated carbocycles. The third-order valence-corrected chi connectivity index (χ3v) is 4.71. The van der Waals surface area contributed by atoms with Gasteiger partial charge in [0.05, 0.1) is 6.42 Å². The highest BCUT2D eigenvalue weighted by atomic mass is 16.2. The smallest absolute Gasteiger partial charge is 0.231 e. The summed E-state index contributed by atoms with van der Waals surface area (Å²) in [6, 6.07) is 6.66. The molecule has 1 atom stereocenters. The van der Waals surface area contributed by atoms with Gasteiger partial charge < -0.3 is 16.0 Å². The van der Waals surface area contributed by atoms with Crippen molar-refractivity contribution in [3.8, 4) is 0 Å². The second kappa shape index (κ2) is 4.32. The zero-order valence-electron chi connectivity index (χ0n) is 11.6. The van der Waals surface area contributed by atoms with Gasteiger partial charge in [0.1, 0.15) is 0 Å². The van der Waals surface area contributed by atoms with E-state index in [2.05, 4.69) is 23.5 Å². The molecule has 1 aliphatic carbocycles. The topological polar surface area (TPSA) is 58.4 Å². The second-order valence-corrected chi connectivity index (χ2v) is 5.81. The van der Waals surface area contributed by atoms with Crippen molar-refractivity contribution in [1.82, 2.24) is 5.32 Å². The Hall–Kier alpha value is -1.39. The first-order valence-electron chi connectivity index (χ1n) is 6.88. The predicted molar refractivity (Wildman–Crippen MR) is 76.1 cm³/mol. The molecule has 0 saturated heterocycles. The third kappa shape index (κ3) is 1.86. The van der Waals surface area contributed by atoms with Gasteiger partial charge in [0.25, 0.3) is 0 Å². The van der Waals surface area contributed by atoms with Crippen molar-refractivity contribution in [2.75, 3.05) is 25.5 Å². The number of hydrogen-bond donors (Lipinski definition) is 2. The lowest BCUT2D eigenvalue weighted by atomic mass is 9.89. The lowest BCUT2D eigenvalue weighted by Crippen LogP contribution is -2.32. The number of amides is 1. The first-order chi connectivity index (χ1) is 9.11. The van der Waals surface area contributed by atoms with Crippen molar-refractivity contribution in [2.45, 2.75) is 25.3 Å². The molecule has 0 spiro atoms. The Balaban J connectivity index is 1.95. The summed E-state index contributed by atoms with van der Waals surface area (Å²) in [6.45, 7) is 0.717. The first-order valence-corrected chi connectivity index (χ1v) is 6.88. The van der Waals surface area contributed by atoms with Crippen molar-refractivity contribution in [1.29, 1.82) is 0 Å². The fraction of sp³-hybridized carbons (Fsp3) is 0.533. The summed E-state index contributed by atoms with van der Waals surface area (Å²) >= 11 is 0. The number of carbonyl (C=O) groups excluding carboxylic acids is 1. The maximum Gasteiger partial charge on any atom is 0.231 e. The quantitative estimate of drug-likeness (QED) is 0.854. The minimum Gasteiger partial charge on any atom is -0.330 e. The molecule has 1 unspecified atom stereocenters. The molecule has 3 N–H and O–H groups in total. The Kier molecular flexibility index (Phi) is 2.87. The number of nitrogens with two attached hydrogens (primary N) is 1. The molecule has 2 aliphatic rings. The SMILES string of the molecule is CNC(c1ccc2c(c1)CC(=O)N2C)C1(CN)CC1. The molecular weight excluding hydrogens is 238 g/mol. The van der Waals surface area contributed by atoms with Crippen LogP contribution in [0.3, 0.4) is 0 Å². The standard InChI is InChI=1S/C15H21N3O/c1-17-14(15(9-16)5-6-15)10-3-4-12-11(7-10)8-13(19)18(12)2/h3-4,7,14,17H,5-6,8-9,16H2,1-2H3. The summed E-state index contributed by atoms with van der Waals surface area (Å²) < 4.78 is 0. The normalized spacial score (nSPS) is 21.4. The summed E-state index contributed by atoms with van der Waals surface area (Å²) in [7, 11) is 3.83. The number of benzene rings is 1. The van der Waals surface area contributed by atoms with Gasteiger partial charge in [0, 0.05) is 24.2 Å². The van der Waals surface area contributed by atoms with Crippen LogP contribution in [0.1, 0.15) is 30.0 Å². The van der Waals surface area contributed by atoms with Crippen molar-refractivity contribution in [3.05, 3.63) is 29.3 Å². The van der Waals surface area contributed by atoms with Gasteiger partial charge in [-0.2, -0.15) is 0 Å². The highest BCUT2D eigenvalue weighted by Crippen LogP contribution is 2.54. The zero-order valence-corrected chi connectivity index (χ0v) is 11.6. The van der Waals surface area contributed by atoms with Crippen molar-refractivity contribution >= 4 is 11.6 Å². The van der Waals surface area contributed by atoms with Gasteiger partial charge in [-0.3, -0.25) is 4.79 Å². The second-order valence-electron chi connectivity index (χ2n) is 5.81. The largest absolute Gasteiger partial charge is 0.330 e. The molecule has 1 aliphatic heterocycles. The summed E-state index contributed by atoms with van der Waals surface area (Å²) in [6.07, 6.45) is 2.89. The maximum absolute atomic E-state index is 11.7. The molecule has 1 aromatic rings. The van der Waals surface area contributed by atoms with Crippen LogP contribution in [0, 0.1) is 5.41 Å². The summed E-state index contributed by atoms with van der Waals surface area (Å²) in [5, 5.41) is 3.41. The van der Waals surface area contributed by atoms with Gasteiger partial charge in [0.2, 0.25) is 5.91 Å². The van der Waals surface area contributed by atoms with E-state index in [1.807, 2.05) is 14.1 Å². The molecule has 0 aromatic heterocycles. The van der Waals surface area contributed by atoms with E-state index >= 15 is 0 Å². The van der Waals surface area contributed by atoms with E-state index in [4.69, 9.17) is 5.73 Å². The highest BCUT2D eigenvalue weighted by molar-refractivity contribution is 6.00. The Morgan fingerprint density at radius 3 is 2.79 bits per heavy atom. The van der Waals surface area contributed by atoms with Gasteiger partial charge >= 0.3 is 0 Å². The van der Waals surface area contributed by atoms with Crippen LogP contribution in [0.4, 0.5) is 5.69 Å². The monoisotopic (exact) mass is 259 g/mol. The minimum absolute atomic E-state index is 0.174. The van der Waals surface area contributed by atoms with Crippen molar-refractivity contribution in [2.24, 2.45) is 11.1 Å². The lowest BCUT2D eigenvalue weighted by Gasteiger charge is -2.26. The lowest BCUT2D eigenvalue weighted by molar-refractivity contribution is -0.117. The number of rotatable bonds is 4. The molecule has 102 valence electrons. The van der Waals surface area contributed by atoms with E-state index in [1.54, 1.807) is 4.90 Å². The number of carbonyl (C=O) groups is 1. The molecule has 0 radical (unpaired) electrons.